The molecule has 0 aliphatic rings. The van der Waals surface area contributed by atoms with Gasteiger partial charge in [-0.2, -0.15) is 0 Å². The maximum atomic E-state index is 8.73. The van der Waals surface area contributed by atoms with E-state index in [0.29, 0.717) is 6.54 Å². The van der Waals surface area contributed by atoms with Crippen LogP contribution in [-0.4, -0.2) is 36.3 Å². The van der Waals surface area contributed by atoms with Gasteiger partial charge in [-0.05, 0) is 19.5 Å². The third-order valence-electron chi connectivity index (χ3n) is 2.34. The van der Waals surface area contributed by atoms with Crippen molar-refractivity contribution in [2.24, 2.45) is 0 Å². The fourth-order valence-corrected chi connectivity index (χ4v) is 1.92. The maximum absolute atomic E-state index is 8.73. The fraction of sp³-hybridized carbons (Fsp3) is 1.00. The van der Waals surface area contributed by atoms with Crippen molar-refractivity contribution in [1.29, 1.82) is 0 Å². The van der Waals surface area contributed by atoms with Gasteiger partial charge in [-0.3, -0.25) is 0 Å². The molecule has 0 atom stereocenters. The highest BCUT2D eigenvalue weighted by molar-refractivity contribution is 6.56. The van der Waals surface area contributed by atoms with E-state index in [4.69, 9.17) is 14.4 Å². The molecule has 0 spiro atoms. The average Bonchev–Trinajstić information content (AvgIpc) is 2.14. The summed E-state index contributed by atoms with van der Waals surface area (Å²) in [6, 6.07) is 0.0861. The smallest absolute Gasteiger partial charge is 0.390 e. The van der Waals surface area contributed by atoms with Crippen LogP contribution in [0.3, 0.4) is 0 Å². The summed E-state index contributed by atoms with van der Waals surface area (Å²) in [5.41, 5.74) is 0. The number of rotatable bonds is 10. The second-order valence-corrected chi connectivity index (χ2v) is 6.09. The van der Waals surface area contributed by atoms with Crippen LogP contribution in [0.2, 0.25) is 6.04 Å². The van der Waals surface area contributed by atoms with E-state index in [0.717, 1.165) is 13.0 Å². The quantitative estimate of drug-likeness (QED) is 0.335. The van der Waals surface area contributed by atoms with E-state index in [2.05, 4.69) is 12.2 Å². The maximum Gasteiger partial charge on any atom is 0.494 e. The van der Waals surface area contributed by atoms with Gasteiger partial charge in [0.25, 0.3) is 0 Å². The lowest BCUT2D eigenvalue weighted by Gasteiger charge is -2.09. The first-order chi connectivity index (χ1) is 7.06. The van der Waals surface area contributed by atoms with E-state index < -0.39 is 8.80 Å². The predicted molar refractivity (Wildman–Crippen MR) is 63.5 cm³/mol. The molecule has 0 bridgehead atoms. The van der Waals surface area contributed by atoms with E-state index in [1.54, 1.807) is 0 Å². The summed E-state index contributed by atoms with van der Waals surface area (Å²) in [7, 11) is -3.81. The van der Waals surface area contributed by atoms with Gasteiger partial charge < -0.3 is 19.7 Å². The molecule has 92 valence electrons. The van der Waals surface area contributed by atoms with E-state index >= 15 is 0 Å². The van der Waals surface area contributed by atoms with Crippen molar-refractivity contribution in [3.63, 3.8) is 0 Å². The van der Waals surface area contributed by atoms with Crippen LogP contribution < -0.4 is 5.32 Å². The Hall–Kier alpha value is 0.0569. The van der Waals surface area contributed by atoms with Crippen molar-refractivity contribution in [2.75, 3.05) is 13.1 Å². The van der Waals surface area contributed by atoms with Gasteiger partial charge >= 0.3 is 8.80 Å². The van der Waals surface area contributed by atoms with Crippen molar-refractivity contribution < 1.29 is 14.4 Å². The summed E-state index contributed by atoms with van der Waals surface area (Å²) in [6.45, 7) is 3.59. The zero-order valence-electron chi connectivity index (χ0n) is 9.71. The molecule has 0 aliphatic heterocycles. The fourth-order valence-electron chi connectivity index (χ4n) is 1.41. The Balaban J connectivity index is 2.99. The number of hydrogen-bond donors (Lipinski definition) is 4. The Bertz CT molecular complexity index is 139. The Labute approximate surface area is 93.7 Å². The lowest BCUT2D eigenvalue weighted by Crippen LogP contribution is -2.38. The van der Waals surface area contributed by atoms with Crippen LogP contribution in [0.25, 0.3) is 0 Å². The van der Waals surface area contributed by atoms with Crippen LogP contribution in [-0.2, 0) is 0 Å². The largest absolute Gasteiger partial charge is 0.494 e. The molecule has 0 radical (unpaired) electrons. The molecule has 0 aliphatic carbocycles. The minimum atomic E-state index is -3.81. The molecule has 0 saturated carbocycles. The summed E-state index contributed by atoms with van der Waals surface area (Å²) in [5, 5.41) is 3.09. The number of hydrogen-bond acceptors (Lipinski definition) is 4. The molecule has 4 nitrogen and oxygen atoms in total. The molecule has 0 aromatic carbocycles. The van der Waals surface area contributed by atoms with Crippen LogP contribution >= 0.6 is 0 Å². The minimum absolute atomic E-state index is 0.0861. The molecular formula is C10H25NO3Si. The Morgan fingerprint density at radius 1 is 0.867 bits per heavy atom. The topological polar surface area (TPSA) is 72.7 Å². The SMILES string of the molecule is CCCCCCCCNCC[Si](O)(O)O. The lowest BCUT2D eigenvalue weighted by atomic mass is 10.1. The zero-order valence-corrected chi connectivity index (χ0v) is 10.7. The third-order valence-corrected chi connectivity index (χ3v) is 3.27. The van der Waals surface area contributed by atoms with E-state index in [-0.39, 0.29) is 6.04 Å². The normalized spacial score (nSPS) is 12.0. The first-order valence-corrected chi connectivity index (χ1v) is 7.99. The van der Waals surface area contributed by atoms with E-state index in [1.807, 2.05) is 0 Å². The summed E-state index contributed by atoms with van der Waals surface area (Å²) in [6.07, 6.45) is 7.55. The first kappa shape index (κ1) is 15.1. The summed E-state index contributed by atoms with van der Waals surface area (Å²) in [4.78, 5) is 26.2. The van der Waals surface area contributed by atoms with Gasteiger partial charge in [-0.1, -0.05) is 39.0 Å². The zero-order chi connectivity index (χ0) is 11.6. The molecule has 4 N–H and O–H groups in total. The highest BCUT2D eigenvalue weighted by Gasteiger charge is 2.25. The van der Waals surface area contributed by atoms with Gasteiger partial charge in [0.2, 0.25) is 0 Å². The van der Waals surface area contributed by atoms with Crippen molar-refractivity contribution >= 4 is 8.80 Å². The molecule has 0 rings (SSSR count). The van der Waals surface area contributed by atoms with Crippen molar-refractivity contribution in [2.45, 2.75) is 51.5 Å². The summed E-state index contributed by atoms with van der Waals surface area (Å²) in [5.74, 6) is 0. The Kier molecular flexibility index (Phi) is 9.33. The third kappa shape index (κ3) is 14.1. The minimum Gasteiger partial charge on any atom is -0.390 e. The van der Waals surface area contributed by atoms with Crippen LogP contribution in [0.1, 0.15) is 45.4 Å². The van der Waals surface area contributed by atoms with Crippen molar-refractivity contribution in [1.82, 2.24) is 5.32 Å². The van der Waals surface area contributed by atoms with Crippen molar-refractivity contribution in [3.8, 4) is 0 Å². The summed E-state index contributed by atoms with van der Waals surface area (Å²) >= 11 is 0. The van der Waals surface area contributed by atoms with Crippen molar-refractivity contribution in [3.05, 3.63) is 0 Å². The van der Waals surface area contributed by atoms with Crippen LogP contribution in [0.5, 0.6) is 0 Å². The molecular weight excluding hydrogens is 210 g/mol. The molecule has 5 heteroatoms. The van der Waals surface area contributed by atoms with Gasteiger partial charge in [0.05, 0.1) is 0 Å². The molecule has 15 heavy (non-hydrogen) atoms. The predicted octanol–water partition coefficient (Wildman–Crippen LogP) is 0.852. The number of unbranched alkanes of at least 4 members (excludes halogenated alkanes) is 5. The lowest BCUT2D eigenvalue weighted by molar-refractivity contribution is 0.227. The van der Waals surface area contributed by atoms with E-state index in [9.17, 15) is 0 Å². The van der Waals surface area contributed by atoms with Gasteiger partial charge in [-0.15, -0.1) is 0 Å². The Morgan fingerprint density at radius 3 is 2.07 bits per heavy atom. The highest BCUT2D eigenvalue weighted by atomic mass is 28.4. The monoisotopic (exact) mass is 235 g/mol. The second kappa shape index (κ2) is 9.29. The second-order valence-electron chi connectivity index (χ2n) is 4.04. The van der Waals surface area contributed by atoms with Gasteiger partial charge in [0.1, 0.15) is 0 Å². The Morgan fingerprint density at radius 2 is 1.47 bits per heavy atom. The molecule has 0 amide bonds. The number of nitrogens with one attached hydrogen (secondary N) is 1. The average molecular weight is 235 g/mol. The molecule has 0 aromatic heterocycles. The van der Waals surface area contributed by atoms with Gasteiger partial charge in [0.15, 0.2) is 0 Å². The highest BCUT2D eigenvalue weighted by Crippen LogP contribution is 2.04. The van der Waals surface area contributed by atoms with Gasteiger partial charge in [-0.25, -0.2) is 0 Å². The van der Waals surface area contributed by atoms with Crippen LogP contribution in [0.15, 0.2) is 0 Å². The first-order valence-electron chi connectivity index (χ1n) is 5.94. The molecule has 0 heterocycles. The van der Waals surface area contributed by atoms with Crippen LogP contribution in [0, 0.1) is 0 Å². The van der Waals surface area contributed by atoms with E-state index in [1.165, 1.54) is 32.1 Å². The van der Waals surface area contributed by atoms with Crippen LogP contribution in [0.4, 0.5) is 0 Å². The van der Waals surface area contributed by atoms with Gasteiger partial charge in [0, 0.05) is 6.04 Å². The standard InChI is InChI=1S/C10H25NO3Si/c1-2-3-4-5-6-7-8-11-9-10-15(12,13)14/h11-14H,2-10H2,1H3. The molecule has 0 aromatic rings. The molecule has 0 saturated heterocycles. The summed E-state index contributed by atoms with van der Waals surface area (Å²) < 4.78 is 0. The molecule has 0 fully saturated rings. The molecule has 0 unspecified atom stereocenters.